The fraction of sp³-hybridized carbons (Fsp3) is 0.200. The maximum atomic E-state index is 6.06. The normalized spacial score (nSPS) is 12.6. The first-order valence-corrected chi connectivity index (χ1v) is 6.44. The third-order valence-electron chi connectivity index (χ3n) is 3.18. The number of fused-ring (bicyclic) bond motifs is 1. The topological polar surface area (TPSA) is 66.0 Å². The lowest BCUT2D eigenvalue weighted by molar-refractivity contribution is 0.412. The second-order valence-electron chi connectivity index (χ2n) is 4.61. The van der Waals surface area contributed by atoms with Crippen molar-refractivity contribution >= 4 is 11.2 Å². The van der Waals surface area contributed by atoms with Gasteiger partial charge in [-0.25, -0.2) is 9.97 Å². The van der Waals surface area contributed by atoms with Crippen LogP contribution in [0.5, 0.6) is 5.75 Å². The molecule has 2 heterocycles. The van der Waals surface area contributed by atoms with Crippen molar-refractivity contribution in [1.82, 2.24) is 14.5 Å². The number of imidazole rings is 1. The third-order valence-corrected chi connectivity index (χ3v) is 3.18. The van der Waals surface area contributed by atoms with Crippen LogP contribution in [0.1, 0.15) is 18.8 Å². The van der Waals surface area contributed by atoms with Gasteiger partial charge in [0.2, 0.25) is 0 Å². The monoisotopic (exact) mass is 268 g/mol. The SMILES string of the molecule is COc1ccccc1-n1c([C@H](C)N)nc2cccnc21. The van der Waals surface area contributed by atoms with E-state index in [1.807, 2.05) is 47.9 Å². The van der Waals surface area contributed by atoms with Gasteiger partial charge in [0.25, 0.3) is 0 Å². The van der Waals surface area contributed by atoms with Crippen LogP contribution >= 0.6 is 0 Å². The fourth-order valence-electron chi connectivity index (χ4n) is 2.29. The Labute approximate surface area is 117 Å². The van der Waals surface area contributed by atoms with Crippen molar-refractivity contribution in [3.8, 4) is 11.4 Å². The number of pyridine rings is 1. The molecule has 0 aliphatic heterocycles. The van der Waals surface area contributed by atoms with E-state index in [9.17, 15) is 0 Å². The van der Waals surface area contributed by atoms with E-state index >= 15 is 0 Å². The maximum absolute atomic E-state index is 6.06. The first-order valence-electron chi connectivity index (χ1n) is 6.44. The molecule has 1 aromatic carbocycles. The van der Waals surface area contributed by atoms with Gasteiger partial charge in [0.1, 0.15) is 17.1 Å². The second-order valence-corrected chi connectivity index (χ2v) is 4.61. The van der Waals surface area contributed by atoms with Crippen LogP contribution in [0.2, 0.25) is 0 Å². The zero-order chi connectivity index (χ0) is 14.1. The number of hydrogen-bond acceptors (Lipinski definition) is 4. The number of ether oxygens (including phenoxy) is 1. The lowest BCUT2D eigenvalue weighted by Crippen LogP contribution is -2.13. The van der Waals surface area contributed by atoms with E-state index in [0.717, 1.165) is 28.4 Å². The molecule has 0 fully saturated rings. The molecule has 1 atom stereocenters. The van der Waals surface area contributed by atoms with Crippen molar-refractivity contribution in [2.75, 3.05) is 7.11 Å². The van der Waals surface area contributed by atoms with Crippen LogP contribution in [-0.2, 0) is 0 Å². The molecule has 2 N–H and O–H groups in total. The summed E-state index contributed by atoms with van der Waals surface area (Å²) < 4.78 is 7.39. The Hall–Kier alpha value is -2.40. The average Bonchev–Trinajstić information content (AvgIpc) is 2.86. The first kappa shape index (κ1) is 12.6. The Morgan fingerprint density at radius 2 is 2.00 bits per heavy atom. The van der Waals surface area contributed by atoms with Crippen molar-refractivity contribution < 1.29 is 4.74 Å². The maximum Gasteiger partial charge on any atom is 0.164 e. The van der Waals surface area contributed by atoms with Gasteiger partial charge in [0.05, 0.1) is 18.8 Å². The summed E-state index contributed by atoms with van der Waals surface area (Å²) in [5, 5.41) is 0. The molecular weight excluding hydrogens is 252 g/mol. The highest BCUT2D eigenvalue weighted by molar-refractivity contribution is 5.75. The number of nitrogens with two attached hydrogens (primary N) is 1. The highest BCUT2D eigenvalue weighted by atomic mass is 16.5. The van der Waals surface area contributed by atoms with Crippen LogP contribution in [0.15, 0.2) is 42.6 Å². The minimum atomic E-state index is -0.200. The summed E-state index contributed by atoms with van der Waals surface area (Å²) in [6.07, 6.45) is 1.75. The molecule has 3 aromatic rings. The molecule has 0 saturated carbocycles. The van der Waals surface area contributed by atoms with E-state index < -0.39 is 0 Å². The minimum absolute atomic E-state index is 0.200. The molecule has 0 aliphatic rings. The molecule has 0 unspecified atom stereocenters. The largest absolute Gasteiger partial charge is 0.495 e. The molecule has 3 rings (SSSR count). The molecule has 0 amide bonds. The quantitative estimate of drug-likeness (QED) is 0.792. The summed E-state index contributed by atoms with van der Waals surface area (Å²) in [5.74, 6) is 1.53. The van der Waals surface area contributed by atoms with Gasteiger partial charge in [-0.05, 0) is 31.2 Å². The Bertz CT molecular complexity index is 748. The van der Waals surface area contributed by atoms with Crippen LogP contribution in [-0.4, -0.2) is 21.6 Å². The van der Waals surface area contributed by atoms with Crippen LogP contribution in [0.25, 0.3) is 16.9 Å². The molecule has 0 aliphatic carbocycles. The van der Waals surface area contributed by atoms with Gasteiger partial charge in [-0.3, -0.25) is 4.57 Å². The van der Waals surface area contributed by atoms with Crippen molar-refractivity contribution in [2.45, 2.75) is 13.0 Å². The van der Waals surface area contributed by atoms with Crippen molar-refractivity contribution in [3.63, 3.8) is 0 Å². The Kier molecular flexibility index (Phi) is 3.12. The van der Waals surface area contributed by atoms with E-state index in [2.05, 4.69) is 9.97 Å². The van der Waals surface area contributed by atoms with Crippen LogP contribution in [0.4, 0.5) is 0 Å². The van der Waals surface area contributed by atoms with Crippen molar-refractivity contribution in [2.24, 2.45) is 5.73 Å². The summed E-state index contributed by atoms with van der Waals surface area (Å²) in [4.78, 5) is 9.01. The van der Waals surface area contributed by atoms with Gasteiger partial charge in [-0.1, -0.05) is 12.1 Å². The highest BCUT2D eigenvalue weighted by Crippen LogP contribution is 2.28. The Morgan fingerprint density at radius 1 is 1.20 bits per heavy atom. The molecule has 5 heteroatoms. The number of hydrogen-bond donors (Lipinski definition) is 1. The molecule has 102 valence electrons. The highest BCUT2D eigenvalue weighted by Gasteiger charge is 2.18. The molecule has 0 radical (unpaired) electrons. The molecule has 2 aromatic heterocycles. The molecule has 20 heavy (non-hydrogen) atoms. The van der Waals surface area contributed by atoms with Crippen molar-refractivity contribution in [3.05, 3.63) is 48.4 Å². The lowest BCUT2D eigenvalue weighted by Gasteiger charge is -2.14. The average molecular weight is 268 g/mol. The van der Waals surface area contributed by atoms with Crippen LogP contribution < -0.4 is 10.5 Å². The van der Waals surface area contributed by atoms with Crippen LogP contribution in [0.3, 0.4) is 0 Å². The summed E-state index contributed by atoms with van der Waals surface area (Å²) >= 11 is 0. The molecule has 0 bridgehead atoms. The third kappa shape index (κ3) is 1.92. The number of rotatable bonds is 3. The second kappa shape index (κ2) is 4.94. The van der Waals surface area contributed by atoms with E-state index in [1.165, 1.54) is 0 Å². The molecule has 5 nitrogen and oxygen atoms in total. The van der Waals surface area contributed by atoms with E-state index in [0.29, 0.717) is 0 Å². The minimum Gasteiger partial charge on any atom is -0.495 e. The summed E-state index contributed by atoms with van der Waals surface area (Å²) in [7, 11) is 1.65. The number of benzene rings is 1. The van der Waals surface area contributed by atoms with Gasteiger partial charge in [-0.15, -0.1) is 0 Å². The standard InChI is InChI=1S/C15H16N4O/c1-10(16)14-18-11-6-5-9-17-15(11)19(14)12-7-3-4-8-13(12)20-2/h3-10H,16H2,1-2H3/t10-/m0/s1. The Morgan fingerprint density at radius 3 is 2.75 bits per heavy atom. The summed E-state index contributed by atoms with van der Waals surface area (Å²) in [6.45, 7) is 1.91. The predicted octanol–water partition coefficient (Wildman–Crippen LogP) is 2.45. The number of nitrogens with zero attached hydrogens (tertiary/aromatic N) is 3. The summed E-state index contributed by atoms with van der Waals surface area (Å²) in [5.41, 5.74) is 8.55. The van der Waals surface area contributed by atoms with E-state index in [-0.39, 0.29) is 6.04 Å². The van der Waals surface area contributed by atoms with E-state index in [1.54, 1.807) is 13.3 Å². The fourth-order valence-corrected chi connectivity index (χ4v) is 2.29. The number of aromatic nitrogens is 3. The van der Waals surface area contributed by atoms with Gasteiger partial charge in [-0.2, -0.15) is 0 Å². The Balaban J connectivity index is 2.36. The van der Waals surface area contributed by atoms with Gasteiger partial charge < -0.3 is 10.5 Å². The van der Waals surface area contributed by atoms with Gasteiger partial charge in [0, 0.05) is 6.20 Å². The van der Waals surface area contributed by atoms with E-state index in [4.69, 9.17) is 10.5 Å². The van der Waals surface area contributed by atoms with Gasteiger partial charge >= 0.3 is 0 Å². The lowest BCUT2D eigenvalue weighted by atomic mass is 10.2. The predicted molar refractivity (Wildman–Crippen MR) is 78.0 cm³/mol. The van der Waals surface area contributed by atoms with Crippen LogP contribution in [0, 0.1) is 0 Å². The first-order chi connectivity index (χ1) is 9.72. The molecular formula is C15H16N4O. The molecule has 0 spiro atoms. The zero-order valence-corrected chi connectivity index (χ0v) is 11.4. The summed E-state index contributed by atoms with van der Waals surface area (Å²) in [6, 6.07) is 11.4. The number of para-hydroxylation sites is 2. The smallest absolute Gasteiger partial charge is 0.164 e. The van der Waals surface area contributed by atoms with Gasteiger partial charge in [0.15, 0.2) is 5.65 Å². The number of methoxy groups -OCH3 is 1. The van der Waals surface area contributed by atoms with Crippen molar-refractivity contribution in [1.29, 1.82) is 0 Å². The molecule has 0 saturated heterocycles. The zero-order valence-electron chi connectivity index (χ0n) is 11.4.